The molecule has 1 atom stereocenters. The van der Waals surface area contributed by atoms with Crippen molar-refractivity contribution < 1.29 is 14.2 Å². The molecule has 96 valence electrons. The highest BCUT2D eigenvalue weighted by Crippen LogP contribution is 2.35. The monoisotopic (exact) mass is 247 g/mol. The molecule has 4 nitrogen and oxygen atoms in total. The van der Waals surface area contributed by atoms with E-state index in [4.69, 9.17) is 14.2 Å². The molecule has 0 bridgehead atoms. The van der Waals surface area contributed by atoms with Crippen LogP contribution in [0.25, 0.3) is 0 Å². The number of benzene rings is 1. The first kappa shape index (κ1) is 12.9. The standard InChI is InChI=1S/C14H17NO3/c1-11(12-4-6-13(16-2)7-5-12)14(10-15)17-8-3-9-18-14/h4-7,11H,3,8-9H2,1-2H3/t11-/m0/s1. The molecule has 1 aromatic rings. The third-order valence-electron chi connectivity index (χ3n) is 3.26. The summed E-state index contributed by atoms with van der Waals surface area (Å²) in [6.45, 7) is 3.07. The summed E-state index contributed by atoms with van der Waals surface area (Å²) in [5.41, 5.74) is 0.999. The molecule has 4 heteroatoms. The first-order valence-corrected chi connectivity index (χ1v) is 6.05. The fourth-order valence-electron chi connectivity index (χ4n) is 2.07. The highest BCUT2D eigenvalue weighted by atomic mass is 16.7. The molecule has 0 N–H and O–H groups in total. The van der Waals surface area contributed by atoms with Crippen LogP contribution in [-0.2, 0) is 9.47 Å². The number of methoxy groups -OCH3 is 1. The minimum atomic E-state index is -1.16. The van der Waals surface area contributed by atoms with Gasteiger partial charge in [0.05, 0.1) is 20.3 Å². The molecule has 1 heterocycles. The molecule has 0 unspecified atom stereocenters. The minimum absolute atomic E-state index is 0.145. The summed E-state index contributed by atoms with van der Waals surface area (Å²) >= 11 is 0. The topological polar surface area (TPSA) is 51.5 Å². The van der Waals surface area contributed by atoms with Crippen LogP contribution in [0.5, 0.6) is 5.75 Å². The number of rotatable bonds is 3. The quantitative estimate of drug-likeness (QED) is 0.823. The molecule has 1 aromatic carbocycles. The van der Waals surface area contributed by atoms with Gasteiger partial charge in [0.2, 0.25) is 0 Å². The summed E-state index contributed by atoms with van der Waals surface area (Å²) in [4.78, 5) is 0. The van der Waals surface area contributed by atoms with Crippen molar-refractivity contribution in [2.45, 2.75) is 25.0 Å². The summed E-state index contributed by atoms with van der Waals surface area (Å²) < 4.78 is 16.3. The van der Waals surface area contributed by atoms with E-state index < -0.39 is 5.79 Å². The van der Waals surface area contributed by atoms with E-state index in [9.17, 15) is 5.26 Å². The summed E-state index contributed by atoms with van der Waals surface area (Å²) in [6, 6.07) is 9.79. The van der Waals surface area contributed by atoms with Gasteiger partial charge in [-0.2, -0.15) is 5.26 Å². The third-order valence-corrected chi connectivity index (χ3v) is 3.26. The highest BCUT2D eigenvalue weighted by molar-refractivity contribution is 5.31. The molecule has 0 spiro atoms. The van der Waals surface area contributed by atoms with Crippen molar-refractivity contribution >= 4 is 0 Å². The molecule has 18 heavy (non-hydrogen) atoms. The Bertz CT molecular complexity index is 429. The average Bonchev–Trinajstić information content (AvgIpc) is 2.47. The lowest BCUT2D eigenvalue weighted by molar-refractivity contribution is -0.241. The Hall–Kier alpha value is -1.57. The van der Waals surface area contributed by atoms with Gasteiger partial charge in [-0.3, -0.25) is 0 Å². The SMILES string of the molecule is COc1ccc([C@H](C)C2(C#N)OCCCO2)cc1. The lowest BCUT2D eigenvalue weighted by Gasteiger charge is -2.35. The molecule has 1 saturated heterocycles. The van der Waals surface area contributed by atoms with Crippen LogP contribution in [0.3, 0.4) is 0 Å². The lowest BCUT2D eigenvalue weighted by atomic mass is 9.92. The van der Waals surface area contributed by atoms with Gasteiger partial charge in [-0.15, -0.1) is 0 Å². The highest BCUT2D eigenvalue weighted by Gasteiger charge is 2.41. The van der Waals surface area contributed by atoms with E-state index in [2.05, 4.69) is 6.07 Å². The maximum atomic E-state index is 9.35. The van der Waals surface area contributed by atoms with Crippen LogP contribution in [0.1, 0.15) is 24.8 Å². The molecule has 1 aliphatic heterocycles. The number of ether oxygens (including phenoxy) is 3. The van der Waals surface area contributed by atoms with Gasteiger partial charge >= 0.3 is 0 Å². The first-order valence-electron chi connectivity index (χ1n) is 6.05. The molecule has 0 amide bonds. The van der Waals surface area contributed by atoms with Crippen molar-refractivity contribution in [2.24, 2.45) is 0 Å². The summed E-state index contributed by atoms with van der Waals surface area (Å²) in [5.74, 6) is -0.511. The Balaban J connectivity index is 2.22. The van der Waals surface area contributed by atoms with Gasteiger partial charge in [-0.05, 0) is 24.1 Å². The minimum Gasteiger partial charge on any atom is -0.497 e. The summed E-state index contributed by atoms with van der Waals surface area (Å²) in [5, 5.41) is 9.35. The van der Waals surface area contributed by atoms with Gasteiger partial charge in [0.25, 0.3) is 5.79 Å². The second-order valence-electron chi connectivity index (χ2n) is 4.32. The van der Waals surface area contributed by atoms with E-state index >= 15 is 0 Å². The number of hydrogen-bond acceptors (Lipinski definition) is 4. The summed E-state index contributed by atoms with van der Waals surface area (Å²) in [7, 11) is 1.63. The molecular formula is C14H17NO3. The molecule has 0 saturated carbocycles. The molecule has 1 aliphatic rings. The zero-order valence-electron chi connectivity index (χ0n) is 10.7. The Morgan fingerprint density at radius 3 is 2.39 bits per heavy atom. The summed E-state index contributed by atoms with van der Waals surface area (Å²) in [6.07, 6.45) is 0.832. The maximum Gasteiger partial charge on any atom is 0.266 e. The van der Waals surface area contributed by atoms with Crippen molar-refractivity contribution in [3.63, 3.8) is 0 Å². The third kappa shape index (κ3) is 2.33. The van der Waals surface area contributed by atoms with Gasteiger partial charge in [0, 0.05) is 5.92 Å². The van der Waals surface area contributed by atoms with Crippen LogP contribution in [0.4, 0.5) is 0 Å². The van der Waals surface area contributed by atoms with Crippen molar-refractivity contribution in [2.75, 3.05) is 20.3 Å². The van der Waals surface area contributed by atoms with Crippen molar-refractivity contribution in [1.82, 2.24) is 0 Å². The Labute approximate surface area is 107 Å². The van der Waals surface area contributed by atoms with Crippen LogP contribution in [0, 0.1) is 11.3 Å². The Morgan fingerprint density at radius 2 is 1.89 bits per heavy atom. The zero-order chi connectivity index (χ0) is 13.0. The van der Waals surface area contributed by atoms with E-state index in [1.165, 1.54) is 0 Å². The first-order chi connectivity index (χ1) is 8.72. The molecule has 0 radical (unpaired) electrons. The van der Waals surface area contributed by atoms with Gasteiger partial charge in [-0.1, -0.05) is 19.1 Å². The fraction of sp³-hybridized carbons (Fsp3) is 0.500. The normalized spacial score (nSPS) is 19.8. The van der Waals surface area contributed by atoms with E-state index in [0.717, 1.165) is 17.7 Å². The predicted molar refractivity (Wildman–Crippen MR) is 66.3 cm³/mol. The molecular weight excluding hydrogens is 230 g/mol. The van der Waals surface area contributed by atoms with Gasteiger partial charge in [0.1, 0.15) is 11.8 Å². The van der Waals surface area contributed by atoms with Crippen LogP contribution >= 0.6 is 0 Å². The van der Waals surface area contributed by atoms with Crippen LogP contribution in [-0.4, -0.2) is 26.1 Å². The van der Waals surface area contributed by atoms with Gasteiger partial charge in [-0.25, -0.2) is 0 Å². The van der Waals surface area contributed by atoms with E-state index in [1.807, 2.05) is 31.2 Å². The van der Waals surface area contributed by atoms with E-state index in [1.54, 1.807) is 7.11 Å². The smallest absolute Gasteiger partial charge is 0.266 e. The number of hydrogen-bond donors (Lipinski definition) is 0. The second kappa shape index (κ2) is 5.38. The molecule has 0 aliphatic carbocycles. The predicted octanol–water partition coefficient (Wildman–Crippen LogP) is 2.46. The number of nitriles is 1. The van der Waals surface area contributed by atoms with E-state index in [0.29, 0.717) is 13.2 Å². The Kier molecular flexibility index (Phi) is 3.85. The molecule has 1 fully saturated rings. The maximum absolute atomic E-state index is 9.35. The van der Waals surface area contributed by atoms with Crippen molar-refractivity contribution in [3.05, 3.63) is 29.8 Å². The van der Waals surface area contributed by atoms with Crippen LogP contribution in [0.2, 0.25) is 0 Å². The van der Waals surface area contributed by atoms with E-state index in [-0.39, 0.29) is 5.92 Å². The average molecular weight is 247 g/mol. The van der Waals surface area contributed by atoms with Crippen LogP contribution < -0.4 is 4.74 Å². The van der Waals surface area contributed by atoms with Gasteiger partial charge < -0.3 is 14.2 Å². The second-order valence-corrected chi connectivity index (χ2v) is 4.32. The molecule has 0 aromatic heterocycles. The lowest BCUT2D eigenvalue weighted by Crippen LogP contribution is -2.43. The van der Waals surface area contributed by atoms with Crippen LogP contribution in [0.15, 0.2) is 24.3 Å². The zero-order valence-corrected chi connectivity index (χ0v) is 10.7. The van der Waals surface area contributed by atoms with Crippen molar-refractivity contribution in [1.29, 1.82) is 5.26 Å². The Morgan fingerprint density at radius 1 is 1.28 bits per heavy atom. The fourth-order valence-corrected chi connectivity index (χ4v) is 2.07. The largest absolute Gasteiger partial charge is 0.497 e. The molecule has 2 rings (SSSR count). The van der Waals surface area contributed by atoms with Gasteiger partial charge in [0.15, 0.2) is 0 Å². The number of nitrogens with zero attached hydrogens (tertiary/aromatic N) is 1. The van der Waals surface area contributed by atoms with Crippen molar-refractivity contribution in [3.8, 4) is 11.8 Å².